The molecule has 0 bridgehead atoms. The molecule has 0 aliphatic carbocycles. The van der Waals surface area contributed by atoms with Gasteiger partial charge in [-0.15, -0.1) is 0 Å². The molecule has 0 spiro atoms. The van der Waals surface area contributed by atoms with Crippen LogP contribution in [-0.4, -0.2) is 62.6 Å². The van der Waals surface area contributed by atoms with Crippen molar-refractivity contribution >= 4 is 33.9 Å². The van der Waals surface area contributed by atoms with E-state index in [2.05, 4.69) is 5.32 Å². The van der Waals surface area contributed by atoms with Crippen LogP contribution in [0.2, 0.25) is 0 Å². The fourth-order valence-corrected chi connectivity index (χ4v) is 4.92. The summed E-state index contributed by atoms with van der Waals surface area (Å²) in [5.74, 6) is -2.46. The largest absolute Gasteiger partial charge is 0.497 e. The molecule has 2 amide bonds. The van der Waals surface area contributed by atoms with Crippen LogP contribution in [0.15, 0.2) is 108 Å². The Bertz CT molecular complexity index is 1920. The fraction of sp³-hybridized carbons (Fsp3) is 0.171. The molecule has 0 aromatic heterocycles. The third-order valence-electron chi connectivity index (χ3n) is 6.90. The number of carbonyl (C=O) groups is 3. The molecule has 0 heterocycles. The first-order valence-electron chi connectivity index (χ1n) is 14.8. The minimum atomic E-state index is -5.08. The second-order valence-electron chi connectivity index (χ2n) is 10.6. The zero-order valence-corrected chi connectivity index (χ0v) is 27.6. The second kappa shape index (κ2) is 17.8. The van der Waals surface area contributed by atoms with Crippen LogP contribution < -0.4 is 20.9 Å². The Labute approximate surface area is 287 Å². The number of methoxy groups -OCH3 is 1. The van der Waals surface area contributed by atoms with Crippen molar-refractivity contribution in [2.45, 2.75) is 24.2 Å². The van der Waals surface area contributed by atoms with Crippen molar-refractivity contribution in [1.82, 2.24) is 10.2 Å². The Balaban J connectivity index is 0.000000872. The predicted octanol–water partition coefficient (Wildman–Crippen LogP) is 4.57. The van der Waals surface area contributed by atoms with Gasteiger partial charge in [0.1, 0.15) is 5.75 Å². The standard InChI is InChI=1S/C33H34N4O5S.C2HF3O2/c1-42-30-13-8-24(9-14-30)12-17-32(38)37(22-25-10-15-31(16-11-25)43(35,40)41)23-26-4-2-5-27(20-26)28-6-3-7-29(21-28)33(39)36-19-18-34;3-2(4,5)1(6)7/h2-17,20-21H,18-19,22-23,34H2,1H3,(H,36,39)(H2,35,40,41);(H,6,7)/b17-12+;. The van der Waals surface area contributed by atoms with E-state index in [0.29, 0.717) is 18.7 Å². The number of halogens is 3. The minimum absolute atomic E-state index is 0.000156. The zero-order valence-electron chi connectivity index (χ0n) is 26.8. The number of aliphatic carboxylic acids is 1. The minimum Gasteiger partial charge on any atom is -0.497 e. The van der Waals surface area contributed by atoms with Gasteiger partial charge < -0.3 is 25.8 Å². The molecule has 4 aromatic rings. The van der Waals surface area contributed by atoms with Crippen molar-refractivity contribution < 1.29 is 45.8 Å². The quantitative estimate of drug-likeness (QED) is 0.154. The van der Waals surface area contributed by atoms with Crippen LogP contribution in [0.5, 0.6) is 5.75 Å². The lowest BCUT2D eigenvalue weighted by molar-refractivity contribution is -0.192. The van der Waals surface area contributed by atoms with E-state index in [1.54, 1.807) is 36.3 Å². The number of benzene rings is 4. The van der Waals surface area contributed by atoms with E-state index in [9.17, 15) is 31.2 Å². The van der Waals surface area contributed by atoms with Gasteiger partial charge in [-0.2, -0.15) is 13.2 Å². The summed E-state index contributed by atoms with van der Waals surface area (Å²) < 4.78 is 60.3. The molecule has 6 N–H and O–H groups in total. The summed E-state index contributed by atoms with van der Waals surface area (Å²) in [7, 11) is -2.24. The number of amides is 2. The Morgan fingerprint density at radius 1 is 0.880 bits per heavy atom. The van der Waals surface area contributed by atoms with E-state index in [0.717, 1.165) is 33.6 Å². The van der Waals surface area contributed by atoms with Crippen molar-refractivity contribution in [1.29, 1.82) is 0 Å². The highest BCUT2D eigenvalue weighted by Gasteiger charge is 2.38. The Morgan fingerprint density at radius 3 is 2.02 bits per heavy atom. The molecule has 0 aliphatic heterocycles. The maximum Gasteiger partial charge on any atom is 0.490 e. The second-order valence-corrected chi connectivity index (χ2v) is 12.2. The molecule has 264 valence electrons. The molecule has 0 unspecified atom stereocenters. The summed E-state index contributed by atoms with van der Waals surface area (Å²) in [5, 5.41) is 15.1. The van der Waals surface area contributed by atoms with Gasteiger partial charge in [-0.25, -0.2) is 18.4 Å². The number of nitrogens with one attached hydrogen (secondary N) is 1. The number of hydrogen-bond donors (Lipinski definition) is 4. The Kier molecular flexibility index (Phi) is 13.8. The van der Waals surface area contributed by atoms with Gasteiger partial charge in [0.15, 0.2) is 0 Å². The lowest BCUT2D eigenvalue weighted by atomic mass is 10.0. The van der Waals surface area contributed by atoms with Crippen LogP contribution in [0.3, 0.4) is 0 Å². The maximum absolute atomic E-state index is 13.5. The molecule has 0 aliphatic rings. The van der Waals surface area contributed by atoms with E-state index >= 15 is 0 Å². The van der Waals surface area contributed by atoms with Crippen LogP contribution in [0.25, 0.3) is 17.2 Å². The smallest absolute Gasteiger partial charge is 0.490 e. The van der Waals surface area contributed by atoms with Gasteiger partial charge in [-0.3, -0.25) is 9.59 Å². The molecule has 0 atom stereocenters. The van der Waals surface area contributed by atoms with Gasteiger partial charge in [0.25, 0.3) is 5.91 Å². The van der Waals surface area contributed by atoms with Crippen LogP contribution >= 0.6 is 0 Å². The van der Waals surface area contributed by atoms with Crippen molar-refractivity contribution in [3.63, 3.8) is 0 Å². The maximum atomic E-state index is 13.5. The number of sulfonamides is 1. The van der Waals surface area contributed by atoms with Crippen molar-refractivity contribution in [2.75, 3.05) is 20.2 Å². The van der Waals surface area contributed by atoms with Gasteiger partial charge in [-0.1, -0.05) is 54.6 Å². The molecule has 15 heteroatoms. The molecule has 50 heavy (non-hydrogen) atoms. The molecule has 4 aromatic carbocycles. The van der Waals surface area contributed by atoms with Gasteiger partial charge in [-0.05, 0) is 76.4 Å². The number of rotatable bonds is 12. The van der Waals surface area contributed by atoms with Crippen LogP contribution in [-0.2, 0) is 32.7 Å². The molecular weight excluding hydrogens is 677 g/mol. The number of carboxylic acids is 1. The number of ether oxygens (including phenoxy) is 1. The highest BCUT2D eigenvalue weighted by atomic mass is 32.2. The SMILES string of the molecule is COc1ccc(/C=C/C(=O)N(Cc2ccc(S(N)(=O)=O)cc2)Cc2cccc(-c3cccc(C(=O)NCCN)c3)c2)cc1.O=C(O)C(F)(F)F. The molecule has 0 fully saturated rings. The Morgan fingerprint density at radius 2 is 1.46 bits per heavy atom. The summed E-state index contributed by atoms with van der Waals surface area (Å²) in [6.07, 6.45) is -1.84. The first kappa shape index (κ1) is 38.9. The average molecular weight is 713 g/mol. The van der Waals surface area contributed by atoms with Crippen molar-refractivity contribution in [3.8, 4) is 16.9 Å². The van der Waals surface area contributed by atoms with Gasteiger partial charge >= 0.3 is 12.1 Å². The van der Waals surface area contributed by atoms with Crippen molar-refractivity contribution in [3.05, 3.63) is 125 Å². The summed E-state index contributed by atoms with van der Waals surface area (Å²) in [4.78, 5) is 36.5. The van der Waals surface area contributed by atoms with Gasteiger partial charge in [0, 0.05) is 37.8 Å². The number of carbonyl (C=O) groups excluding carboxylic acids is 2. The fourth-order valence-electron chi connectivity index (χ4n) is 4.40. The normalized spacial score (nSPS) is 11.3. The topological polar surface area (TPSA) is 182 Å². The van der Waals surface area contributed by atoms with E-state index in [1.807, 2.05) is 66.7 Å². The number of primary sulfonamides is 1. The van der Waals surface area contributed by atoms with Crippen LogP contribution in [0.1, 0.15) is 27.0 Å². The van der Waals surface area contributed by atoms with E-state index in [-0.39, 0.29) is 29.8 Å². The highest BCUT2D eigenvalue weighted by molar-refractivity contribution is 7.89. The zero-order chi connectivity index (χ0) is 36.9. The van der Waals surface area contributed by atoms with E-state index in [1.165, 1.54) is 18.2 Å². The number of nitrogens with zero attached hydrogens (tertiary/aromatic N) is 1. The Hall–Kier alpha value is -5.51. The number of alkyl halides is 3. The number of nitrogens with two attached hydrogens (primary N) is 2. The third kappa shape index (κ3) is 12.2. The van der Waals surface area contributed by atoms with E-state index in [4.69, 9.17) is 25.5 Å². The molecule has 0 saturated carbocycles. The predicted molar refractivity (Wildman–Crippen MR) is 181 cm³/mol. The average Bonchev–Trinajstić information content (AvgIpc) is 3.09. The van der Waals surface area contributed by atoms with E-state index < -0.39 is 22.2 Å². The van der Waals surface area contributed by atoms with Crippen molar-refractivity contribution in [2.24, 2.45) is 10.9 Å². The summed E-state index contributed by atoms with van der Waals surface area (Å²) in [5.41, 5.74) is 10.2. The summed E-state index contributed by atoms with van der Waals surface area (Å²) in [6.45, 7) is 1.26. The van der Waals surface area contributed by atoms with Gasteiger partial charge in [0.2, 0.25) is 15.9 Å². The number of carboxylic acid groups (broad SMARTS) is 1. The summed E-state index contributed by atoms with van der Waals surface area (Å²) >= 11 is 0. The van der Waals surface area contributed by atoms with Crippen LogP contribution in [0, 0.1) is 0 Å². The molecule has 0 radical (unpaired) electrons. The monoisotopic (exact) mass is 712 g/mol. The first-order chi connectivity index (χ1) is 23.6. The molecular formula is C35H35F3N4O7S. The molecule has 4 rings (SSSR count). The van der Waals surface area contributed by atoms with Gasteiger partial charge in [0.05, 0.1) is 12.0 Å². The third-order valence-corrected chi connectivity index (χ3v) is 7.83. The number of hydrogen-bond acceptors (Lipinski definition) is 7. The summed E-state index contributed by atoms with van der Waals surface area (Å²) in [6, 6.07) is 28.6. The molecule has 0 saturated heterocycles. The lowest BCUT2D eigenvalue weighted by Gasteiger charge is -2.22. The lowest BCUT2D eigenvalue weighted by Crippen LogP contribution is -2.29. The van der Waals surface area contributed by atoms with Crippen LogP contribution in [0.4, 0.5) is 13.2 Å². The molecule has 11 nitrogen and oxygen atoms in total. The first-order valence-corrected chi connectivity index (χ1v) is 16.4. The highest BCUT2D eigenvalue weighted by Crippen LogP contribution is 2.23.